The van der Waals surface area contributed by atoms with Gasteiger partial charge in [0.1, 0.15) is 5.54 Å². The molecule has 9 nitrogen and oxygen atoms in total. The Morgan fingerprint density at radius 1 is 1.17 bits per heavy atom. The number of carbonyl (C=O) groups excluding carboxylic acids is 3. The molecule has 1 aromatic heterocycles. The third kappa shape index (κ3) is 4.77. The number of hydrogen-bond acceptors (Lipinski definition) is 5. The number of rotatable bonds is 6. The van der Waals surface area contributed by atoms with Crippen LogP contribution in [0.5, 0.6) is 0 Å². The van der Waals surface area contributed by atoms with Crippen LogP contribution in [0, 0.1) is 6.92 Å². The van der Waals surface area contributed by atoms with Gasteiger partial charge in [-0.25, -0.2) is 9.48 Å². The van der Waals surface area contributed by atoms with E-state index in [1.807, 2.05) is 0 Å². The van der Waals surface area contributed by atoms with Crippen molar-refractivity contribution in [3.8, 4) is 5.69 Å². The van der Waals surface area contributed by atoms with Crippen LogP contribution in [0.3, 0.4) is 0 Å². The summed E-state index contributed by atoms with van der Waals surface area (Å²) in [7, 11) is 0. The lowest BCUT2D eigenvalue weighted by Crippen LogP contribution is -2.44. The fourth-order valence-electron chi connectivity index (χ4n) is 4.50. The maximum Gasteiger partial charge on any atom is 0.416 e. The van der Waals surface area contributed by atoms with E-state index in [4.69, 9.17) is 0 Å². The van der Waals surface area contributed by atoms with Crippen molar-refractivity contribution >= 4 is 17.8 Å². The van der Waals surface area contributed by atoms with E-state index in [0.29, 0.717) is 12.8 Å². The molecule has 1 saturated carbocycles. The Kier molecular flexibility index (Phi) is 6.39. The van der Waals surface area contributed by atoms with Gasteiger partial charge in [0.15, 0.2) is 5.69 Å². The molecule has 4 amide bonds. The van der Waals surface area contributed by atoms with Gasteiger partial charge < -0.3 is 10.6 Å². The molecule has 2 heterocycles. The van der Waals surface area contributed by atoms with Gasteiger partial charge in [-0.1, -0.05) is 18.9 Å². The van der Waals surface area contributed by atoms with Gasteiger partial charge in [0.2, 0.25) is 5.43 Å². The van der Waals surface area contributed by atoms with E-state index in [1.165, 1.54) is 19.1 Å². The molecule has 35 heavy (non-hydrogen) atoms. The van der Waals surface area contributed by atoms with Crippen molar-refractivity contribution in [1.29, 1.82) is 0 Å². The molecule has 1 spiro atoms. The molecule has 186 valence electrons. The molecular weight excluding hydrogens is 467 g/mol. The number of hydrogen-bond donors (Lipinski definition) is 2. The predicted molar refractivity (Wildman–Crippen MR) is 118 cm³/mol. The number of nitrogens with one attached hydrogen (secondary N) is 2. The second kappa shape index (κ2) is 9.16. The summed E-state index contributed by atoms with van der Waals surface area (Å²) in [4.78, 5) is 50.9. The number of benzene rings is 1. The third-order valence-electron chi connectivity index (χ3n) is 6.29. The molecule has 2 aromatic rings. The Labute approximate surface area is 198 Å². The zero-order valence-corrected chi connectivity index (χ0v) is 18.9. The minimum Gasteiger partial charge on any atom is -0.350 e. The average Bonchev–Trinajstić information content (AvgIpc) is 3.36. The molecule has 2 aliphatic rings. The van der Waals surface area contributed by atoms with Crippen LogP contribution in [0.4, 0.5) is 18.0 Å². The first-order valence-corrected chi connectivity index (χ1v) is 11.2. The van der Waals surface area contributed by atoms with Crippen LogP contribution in [-0.4, -0.2) is 51.2 Å². The van der Waals surface area contributed by atoms with E-state index < -0.39 is 40.3 Å². The molecule has 0 bridgehead atoms. The lowest BCUT2D eigenvalue weighted by atomic mass is 9.98. The molecule has 1 saturated heterocycles. The second-order valence-corrected chi connectivity index (χ2v) is 8.74. The smallest absolute Gasteiger partial charge is 0.350 e. The Balaban J connectivity index is 1.42. The zero-order valence-electron chi connectivity index (χ0n) is 18.9. The van der Waals surface area contributed by atoms with Crippen LogP contribution in [0.25, 0.3) is 5.69 Å². The summed E-state index contributed by atoms with van der Waals surface area (Å²) in [6.07, 6.45) is -1.33. The molecule has 0 unspecified atom stereocenters. The predicted octanol–water partition coefficient (Wildman–Crippen LogP) is 2.54. The zero-order chi connectivity index (χ0) is 25.4. The Hall–Kier alpha value is -3.70. The van der Waals surface area contributed by atoms with Gasteiger partial charge in [0.05, 0.1) is 11.3 Å². The Morgan fingerprint density at radius 2 is 1.89 bits per heavy atom. The Bertz CT molecular complexity index is 1230. The first kappa shape index (κ1) is 24.4. The van der Waals surface area contributed by atoms with E-state index in [-0.39, 0.29) is 36.8 Å². The number of nitrogens with zero attached hydrogens (tertiary/aromatic N) is 3. The van der Waals surface area contributed by atoms with Crippen molar-refractivity contribution in [2.45, 2.75) is 50.7 Å². The number of alkyl halides is 3. The summed E-state index contributed by atoms with van der Waals surface area (Å²) in [6, 6.07) is 5.05. The summed E-state index contributed by atoms with van der Waals surface area (Å²) in [6.45, 7) is 1.65. The molecular formula is C23H24F3N5O4. The number of halogens is 3. The summed E-state index contributed by atoms with van der Waals surface area (Å²) in [5.41, 5.74) is -2.55. The number of carbonyl (C=O) groups is 3. The number of aromatic nitrogens is 2. The van der Waals surface area contributed by atoms with E-state index >= 15 is 0 Å². The van der Waals surface area contributed by atoms with E-state index in [0.717, 1.165) is 40.6 Å². The van der Waals surface area contributed by atoms with Gasteiger partial charge in [0, 0.05) is 24.8 Å². The van der Waals surface area contributed by atoms with E-state index in [1.54, 1.807) is 0 Å². The van der Waals surface area contributed by atoms with E-state index in [9.17, 15) is 32.3 Å². The van der Waals surface area contributed by atoms with Crippen molar-refractivity contribution in [1.82, 2.24) is 25.3 Å². The minimum atomic E-state index is -4.56. The molecule has 1 aliphatic heterocycles. The first-order chi connectivity index (χ1) is 16.5. The van der Waals surface area contributed by atoms with Crippen LogP contribution < -0.4 is 16.1 Å². The van der Waals surface area contributed by atoms with Gasteiger partial charge in [-0.15, -0.1) is 0 Å². The van der Waals surface area contributed by atoms with E-state index in [2.05, 4.69) is 15.7 Å². The Morgan fingerprint density at radius 3 is 2.57 bits per heavy atom. The molecule has 0 radical (unpaired) electrons. The molecule has 4 rings (SSSR count). The number of urea groups is 1. The lowest BCUT2D eigenvalue weighted by Gasteiger charge is -2.20. The van der Waals surface area contributed by atoms with Crippen molar-refractivity contribution in [3.63, 3.8) is 0 Å². The molecule has 0 atom stereocenters. The molecule has 12 heteroatoms. The SMILES string of the molecule is Cc1cc(=O)c(C(=O)NCCCN2C(=O)NC3(CCCC3)C2=O)nn1-c1cccc(C(F)(F)F)c1. The normalized spacial score (nSPS) is 17.2. The highest BCUT2D eigenvalue weighted by Crippen LogP contribution is 2.35. The van der Waals surface area contributed by atoms with Crippen LogP contribution >= 0.6 is 0 Å². The highest BCUT2D eigenvalue weighted by molar-refractivity contribution is 6.07. The largest absolute Gasteiger partial charge is 0.416 e. The fraction of sp³-hybridized carbons (Fsp3) is 0.435. The van der Waals surface area contributed by atoms with Crippen molar-refractivity contribution < 1.29 is 27.6 Å². The molecule has 2 fully saturated rings. The molecule has 1 aromatic carbocycles. The summed E-state index contributed by atoms with van der Waals surface area (Å²) in [5, 5.41) is 9.29. The number of imide groups is 1. The number of amides is 4. The average molecular weight is 491 g/mol. The minimum absolute atomic E-state index is 0.0470. The van der Waals surface area contributed by atoms with Crippen molar-refractivity contribution in [3.05, 3.63) is 57.5 Å². The van der Waals surface area contributed by atoms with Crippen LogP contribution in [0.15, 0.2) is 35.1 Å². The van der Waals surface area contributed by atoms with Crippen molar-refractivity contribution in [2.75, 3.05) is 13.1 Å². The summed E-state index contributed by atoms with van der Waals surface area (Å²) >= 11 is 0. The number of aryl methyl sites for hydroxylation is 1. The van der Waals surface area contributed by atoms with Gasteiger partial charge in [0.25, 0.3) is 11.8 Å². The lowest BCUT2D eigenvalue weighted by molar-refractivity contribution is -0.137. The maximum absolute atomic E-state index is 13.1. The second-order valence-electron chi connectivity index (χ2n) is 8.74. The topological polar surface area (TPSA) is 113 Å². The quantitative estimate of drug-likeness (QED) is 0.476. The summed E-state index contributed by atoms with van der Waals surface area (Å²) in [5.74, 6) is -1.06. The molecule has 2 N–H and O–H groups in total. The van der Waals surface area contributed by atoms with Crippen LogP contribution in [0.2, 0.25) is 0 Å². The van der Waals surface area contributed by atoms with Gasteiger partial charge >= 0.3 is 12.2 Å². The van der Waals surface area contributed by atoms with Crippen molar-refractivity contribution in [2.24, 2.45) is 0 Å². The van der Waals surface area contributed by atoms with Gasteiger partial charge in [-0.05, 0) is 44.4 Å². The van der Waals surface area contributed by atoms with Crippen LogP contribution in [-0.2, 0) is 11.0 Å². The highest BCUT2D eigenvalue weighted by Gasteiger charge is 2.52. The third-order valence-corrected chi connectivity index (χ3v) is 6.29. The fourth-order valence-corrected chi connectivity index (χ4v) is 4.50. The standard InChI is InChI=1S/C23H24F3N5O4/c1-14-12-17(32)18(29-31(14)16-7-4-6-15(13-16)23(24,25)26)19(33)27-10-5-11-30-20(34)22(28-21(30)35)8-2-3-9-22/h4,6-7,12-13H,2-3,5,8-11H2,1H3,(H,27,33)(H,28,35). The van der Waals surface area contributed by atoms with Gasteiger partial charge in [-0.3, -0.25) is 19.3 Å². The monoisotopic (exact) mass is 491 g/mol. The highest BCUT2D eigenvalue weighted by atomic mass is 19.4. The summed E-state index contributed by atoms with van der Waals surface area (Å²) < 4.78 is 40.3. The first-order valence-electron chi connectivity index (χ1n) is 11.2. The van der Waals surface area contributed by atoms with Crippen LogP contribution in [0.1, 0.15) is 53.8 Å². The van der Waals surface area contributed by atoms with Gasteiger partial charge in [-0.2, -0.15) is 18.3 Å². The molecule has 1 aliphatic carbocycles. The maximum atomic E-state index is 13.1.